The molecule has 4 rings (SSSR count). The highest BCUT2D eigenvalue weighted by atomic mass is 32.2. The van der Waals surface area contributed by atoms with Crippen molar-refractivity contribution in [3.8, 4) is 0 Å². The average Bonchev–Trinajstić information content (AvgIpc) is 3.41. The molecule has 0 saturated heterocycles. The molecule has 2 aliphatic rings. The second-order valence-electron chi connectivity index (χ2n) is 9.69. The predicted octanol–water partition coefficient (Wildman–Crippen LogP) is 4.66. The Morgan fingerprint density at radius 1 is 1.03 bits per heavy atom. The van der Waals surface area contributed by atoms with Gasteiger partial charge in [-0.15, -0.1) is 4.36 Å². The number of hydrogen-bond acceptors (Lipinski definition) is 5. The van der Waals surface area contributed by atoms with Crippen LogP contribution in [0.1, 0.15) is 61.4 Å². The number of carbonyl (C=O) groups excluding carboxylic acids is 2. The van der Waals surface area contributed by atoms with Crippen LogP contribution in [0.3, 0.4) is 0 Å². The molecule has 0 radical (unpaired) electrons. The molecule has 0 heterocycles. The summed E-state index contributed by atoms with van der Waals surface area (Å²) < 4.78 is 25.3. The van der Waals surface area contributed by atoms with E-state index >= 15 is 0 Å². The van der Waals surface area contributed by atoms with Crippen molar-refractivity contribution >= 4 is 27.7 Å². The number of anilines is 1. The van der Waals surface area contributed by atoms with Crippen molar-refractivity contribution in [1.82, 2.24) is 4.72 Å². The zero-order valence-electron chi connectivity index (χ0n) is 19.8. The number of rotatable bonds is 4. The van der Waals surface area contributed by atoms with E-state index in [1.165, 1.54) is 23.3 Å². The van der Waals surface area contributed by atoms with Crippen LogP contribution in [0.15, 0.2) is 39.6 Å². The van der Waals surface area contributed by atoms with Gasteiger partial charge in [0.1, 0.15) is 5.60 Å². The van der Waals surface area contributed by atoms with Crippen molar-refractivity contribution in [2.45, 2.75) is 76.4 Å². The summed E-state index contributed by atoms with van der Waals surface area (Å²) in [7, 11) is -3.71. The molecule has 8 nitrogen and oxygen atoms in total. The van der Waals surface area contributed by atoms with E-state index in [0.29, 0.717) is 5.56 Å². The number of fused-ring (bicyclic) bond motifs is 2. The summed E-state index contributed by atoms with van der Waals surface area (Å²) in [6.07, 6.45) is 4.79. The largest absolute Gasteiger partial charge is 0.444 e. The van der Waals surface area contributed by atoms with Gasteiger partial charge in [0.05, 0.1) is 11.5 Å². The first-order valence-electron chi connectivity index (χ1n) is 11.5. The molecule has 2 aromatic rings. The van der Waals surface area contributed by atoms with E-state index in [1.807, 2.05) is 0 Å². The maximum Gasteiger partial charge on any atom is 0.444 e. The Balaban J connectivity index is 1.67. The molecule has 3 N–H and O–H groups in total. The molecule has 1 atom stereocenters. The fourth-order valence-corrected chi connectivity index (χ4v) is 5.85. The summed E-state index contributed by atoms with van der Waals surface area (Å²) in [6, 6.07) is 7.64. The van der Waals surface area contributed by atoms with E-state index in [1.54, 1.807) is 32.9 Å². The summed E-state index contributed by atoms with van der Waals surface area (Å²) in [5.41, 5.74) is 5.36. The topological polar surface area (TPSA) is 117 Å². The monoisotopic (exact) mass is 485 g/mol. The molecule has 1 unspecified atom stereocenters. The molecular formula is C25H31N3O5S. The zero-order chi connectivity index (χ0) is 24.5. The van der Waals surface area contributed by atoms with E-state index in [4.69, 9.17) is 4.74 Å². The lowest BCUT2D eigenvalue weighted by Gasteiger charge is -2.19. The number of aliphatic hydroxyl groups is 1. The summed E-state index contributed by atoms with van der Waals surface area (Å²) in [5.74, 6) is 0. The number of aliphatic hydroxyl groups excluding tert-OH is 1. The van der Waals surface area contributed by atoms with Gasteiger partial charge in [-0.3, -0.25) is 0 Å². The SMILES string of the molecule is CC(C)(C)OC(=O)N=S(=O)(NC(=O)Nc1c2c(cc3c1CCC3)CCC2)c1ccc(CO)cc1. The third kappa shape index (κ3) is 5.26. The molecule has 0 saturated carbocycles. The van der Waals surface area contributed by atoms with Gasteiger partial charge < -0.3 is 15.2 Å². The number of nitrogens with one attached hydrogen (secondary N) is 2. The molecule has 0 spiro atoms. The first-order valence-corrected chi connectivity index (χ1v) is 13.0. The van der Waals surface area contributed by atoms with E-state index in [9.17, 15) is 18.9 Å². The smallest absolute Gasteiger partial charge is 0.442 e. The molecule has 2 aromatic carbocycles. The van der Waals surface area contributed by atoms with Gasteiger partial charge in [-0.2, -0.15) is 0 Å². The minimum absolute atomic E-state index is 0.134. The van der Waals surface area contributed by atoms with Crippen molar-refractivity contribution in [1.29, 1.82) is 0 Å². The summed E-state index contributed by atoms with van der Waals surface area (Å²) in [6.45, 7) is 4.84. The molecule has 182 valence electrons. The Labute approximate surface area is 200 Å². The fraction of sp³-hybridized carbons (Fsp3) is 0.440. The van der Waals surface area contributed by atoms with Crippen LogP contribution in [-0.2, 0) is 46.9 Å². The third-order valence-corrected chi connectivity index (χ3v) is 7.74. The van der Waals surface area contributed by atoms with Gasteiger partial charge in [-0.25, -0.2) is 18.5 Å². The van der Waals surface area contributed by atoms with E-state index in [2.05, 4.69) is 20.5 Å². The highest BCUT2D eigenvalue weighted by Gasteiger charge is 2.27. The lowest BCUT2D eigenvalue weighted by molar-refractivity contribution is 0.0607. The van der Waals surface area contributed by atoms with Crippen LogP contribution < -0.4 is 10.0 Å². The van der Waals surface area contributed by atoms with Gasteiger partial charge in [-0.05, 0) is 99.2 Å². The van der Waals surface area contributed by atoms with Crippen molar-refractivity contribution in [3.63, 3.8) is 0 Å². The number of aryl methyl sites for hydroxylation is 2. The highest BCUT2D eigenvalue weighted by Crippen LogP contribution is 2.38. The standard InChI is InChI=1S/C25H31N3O5S/c1-25(2,3)33-24(31)28-34(32,19-12-10-16(15-29)11-13-19)27-23(30)26-22-20-8-4-6-17(20)14-18-7-5-9-21(18)22/h10-14,29H,4-9,15H2,1-3H3,(H2,26,27,28,30,31,32). The van der Waals surface area contributed by atoms with Crippen LogP contribution in [0.25, 0.3) is 0 Å². The maximum atomic E-state index is 13.8. The second kappa shape index (κ2) is 9.38. The van der Waals surface area contributed by atoms with Crippen molar-refractivity contribution in [3.05, 3.63) is 58.1 Å². The Bertz CT molecular complexity index is 1210. The van der Waals surface area contributed by atoms with Crippen molar-refractivity contribution in [2.24, 2.45) is 4.36 Å². The Hall–Kier alpha value is -2.91. The zero-order valence-corrected chi connectivity index (χ0v) is 20.6. The molecule has 0 aliphatic heterocycles. The summed E-state index contributed by atoms with van der Waals surface area (Å²) >= 11 is 0. The molecule has 9 heteroatoms. The van der Waals surface area contributed by atoms with Crippen LogP contribution in [0.5, 0.6) is 0 Å². The molecule has 34 heavy (non-hydrogen) atoms. The van der Waals surface area contributed by atoms with Crippen LogP contribution in [0, 0.1) is 0 Å². The molecule has 0 aromatic heterocycles. The van der Waals surface area contributed by atoms with Crippen molar-refractivity contribution < 1.29 is 23.6 Å². The first kappa shape index (κ1) is 24.2. The number of carbonyl (C=O) groups is 2. The number of urea groups is 1. The van der Waals surface area contributed by atoms with Gasteiger partial charge in [0.2, 0.25) is 0 Å². The van der Waals surface area contributed by atoms with Crippen LogP contribution in [-0.4, -0.2) is 27.0 Å². The highest BCUT2D eigenvalue weighted by molar-refractivity contribution is 7.92. The first-order chi connectivity index (χ1) is 16.1. The minimum atomic E-state index is -3.71. The number of nitrogens with zero attached hydrogens (tertiary/aromatic N) is 1. The number of hydrogen-bond donors (Lipinski definition) is 3. The molecular weight excluding hydrogens is 454 g/mol. The van der Waals surface area contributed by atoms with Crippen LogP contribution in [0.2, 0.25) is 0 Å². The van der Waals surface area contributed by atoms with Gasteiger partial charge in [0, 0.05) is 5.69 Å². The lowest BCUT2D eigenvalue weighted by atomic mass is 9.99. The van der Waals surface area contributed by atoms with Gasteiger partial charge in [-0.1, -0.05) is 18.2 Å². The Kier molecular flexibility index (Phi) is 6.69. The van der Waals surface area contributed by atoms with E-state index < -0.39 is 27.6 Å². The molecule has 3 amide bonds. The van der Waals surface area contributed by atoms with Gasteiger partial charge in [0.15, 0.2) is 9.92 Å². The molecule has 2 aliphatic carbocycles. The van der Waals surface area contributed by atoms with E-state index in [-0.39, 0.29) is 11.5 Å². The number of amides is 3. The van der Waals surface area contributed by atoms with Gasteiger partial charge >= 0.3 is 12.1 Å². The fourth-order valence-electron chi connectivity index (χ4n) is 4.53. The minimum Gasteiger partial charge on any atom is -0.442 e. The van der Waals surface area contributed by atoms with Crippen molar-refractivity contribution in [2.75, 3.05) is 5.32 Å². The summed E-state index contributed by atoms with van der Waals surface area (Å²) in [5, 5.41) is 12.2. The third-order valence-electron chi connectivity index (χ3n) is 5.96. The lowest BCUT2D eigenvalue weighted by Crippen LogP contribution is -2.36. The maximum absolute atomic E-state index is 13.8. The molecule has 0 bridgehead atoms. The van der Waals surface area contributed by atoms with Crippen LogP contribution in [0.4, 0.5) is 15.3 Å². The number of benzene rings is 2. The second-order valence-corrected chi connectivity index (χ2v) is 11.6. The van der Waals surface area contributed by atoms with E-state index in [0.717, 1.165) is 55.3 Å². The quantitative estimate of drug-likeness (QED) is 0.583. The summed E-state index contributed by atoms with van der Waals surface area (Å²) in [4.78, 5) is 25.7. The normalized spacial score (nSPS) is 16.2. The number of ether oxygens (including phenoxy) is 1. The Morgan fingerprint density at radius 3 is 2.15 bits per heavy atom. The molecule has 0 fully saturated rings. The Morgan fingerprint density at radius 2 is 1.62 bits per heavy atom. The van der Waals surface area contributed by atoms with Crippen LogP contribution >= 0.6 is 0 Å². The van der Waals surface area contributed by atoms with Gasteiger partial charge in [0.25, 0.3) is 0 Å². The average molecular weight is 486 g/mol. The predicted molar refractivity (Wildman–Crippen MR) is 130 cm³/mol.